The average Bonchev–Trinajstić information content (AvgIpc) is 3.07. The van der Waals surface area contributed by atoms with E-state index in [0.29, 0.717) is 16.7 Å². The van der Waals surface area contributed by atoms with Gasteiger partial charge in [-0.25, -0.2) is 4.98 Å². The molecule has 0 fully saturated rings. The zero-order chi connectivity index (χ0) is 16.4. The third-order valence-electron chi connectivity index (χ3n) is 3.45. The fourth-order valence-electron chi connectivity index (χ4n) is 2.41. The van der Waals surface area contributed by atoms with Crippen molar-refractivity contribution in [2.24, 2.45) is 5.73 Å². The Kier molecular flexibility index (Phi) is 4.19. The van der Waals surface area contributed by atoms with Gasteiger partial charge in [0.2, 0.25) is 0 Å². The van der Waals surface area contributed by atoms with Crippen LogP contribution in [0.3, 0.4) is 0 Å². The van der Waals surface area contributed by atoms with Crippen LogP contribution in [0.5, 0.6) is 0 Å². The molecule has 0 saturated carbocycles. The maximum atomic E-state index is 13.3. The van der Waals surface area contributed by atoms with E-state index in [4.69, 9.17) is 5.73 Å². The lowest BCUT2D eigenvalue weighted by Gasteiger charge is -2.16. The standard InChI is InChI=1S/C17H13F3N2S/c18-17(19,20)15-9-12(14-7-4-8-23-14)13(10-21)16(22-15)11-5-2-1-3-6-11/h1-9H,10,21H2. The summed E-state index contributed by atoms with van der Waals surface area (Å²) in [6.45, 7) is 0.114. The highest BCUT2D eigenvalue weighted by Gasteiger charge is 2.34. The highest BCUT2D eigenvalue weighted by Crippen LogP contribution is 2.38. The summed E-state index contributed by atoms with van der Waals surface area (Å²) in [7, 11) is 0. The van der Waals surface area contributed by atoms with Gasteiger partial charge in [-0.15, -0.1) is 11.3 Å². The predicted octanol–water partition coefficient (Wildman–Crippen LogP) is 4.95. The molecule has 2 N–H and O–H groups in total. The highest BCUT2D eigenvalue weighted by molar-refractivity contribution is 7.13. The quantitative estimate of drug-likeness (QED) is 0.736. The number of alkyl halides is 3. The van der Waals surface area contributed by atoms with Gasteiger partial charge < -0.3 is 5.73 Å². The Hall–Kier alpha value is -2.18. The molecule has 0 aliphatic carbocycles. The summed E-state index contributed by atoms with van der Waals surface area (Å²) >= 11 is 1.38. The Balaban J connectivity index is 2.31. The second kappa shape index (κ2) is 6.14. The zero-order valence-electron chi connectivity index (χ0n) is 12.0. The van der Waals surface area contributed by atoms with E-state index in [-0.39, 0.29) is 12.2 Å². The van der Waals surface area contributed by atoms with Crippen molar-refractivity contribution in [2.75, 3.05) is 0 Å². The molecule has 0 amide bonds. The Morgan fingerprint density at radius 2 is 1.78 bits per heavy atom. The van der Waals surface area contributed by atoms with Gasteiger partial charge in [-0.3, -0.25) is 0 Å². The first-order valence-corrected chi connectivity index (χ1v) is 7.79. The number of aromatic nitrogens is 1. The molecule has 0 aliphatic rings. The second-order valence-electron chi connectivity index (χ2n) is 4.93. The van der Waals surface area contributed by atoms with Crippen LogP contribution in [0, 0.1) is 0 Å². The van der Waals surface area contributed by atoms with Gasteiger partial charge in [0.15, 0.2) is 0 Å². The van der Waals surface area contributed by atoms with Crippen molar-refractivity contribution >= 4 is 11.3 Å². The Labute approximate surface area is 135 Å². The van der Waals surface area contributed by atoms with Crippen LogP contribution in [0.2, 0.25) is 0 Å². The first-order chi connectivity index (χ1) is 11.0. The summed E-state index contributed by atoms with van der Waals surface area (Å²) in [4.78, 5) is 4.60. The molecule has 2 aromatic heterocycles. The van der Waals surface area contributed by atoms with Crippen LogP contribution in [-0.4, -0.2) is 4.98 Å². The number of halogens is 3. The number of nitrogens with two attached hydrogens (primary N) is 1. The molecular formula is C17H13F3N2S. The van der Waals surface area contributed by atoms with Crippen molar-refractivity contribution in [3.63, 3.8) is 0 Å². The lowest BCUT2D eigenvalue weighted by Crippen LogP contribution is -2.12. The minimum Gasteiger partial charge on any atom is -0.326 e. The van der Waals surface area contributed by atoms with Gasteiger partial charge in [0.25, 0.3) is 0 Å². The molecule has 2 heterocycles. The van der Waals surface area contributed by atoms with Crippen LogP contribution in [-0.2, 0) is 12.7 Å². The first-order valence-electron chi connectivity index (χ1n) is 6.91. The molecule has 3 rings (SSSR count). The van der Waals surface area contributed by atoms with E-state index in [9.17, 15) is 13.2 Å². The van der Waals surface area contributed by atoms with Crippen LogP contribution in [0.1, 0.15) is 11.3 Å². The zero-order valence-corrected chi connectivity index (χ0v) is 12.8. The van der Waals surface area contributed by atoms with Gasteiger partial charge in [-0.1, -0.05) is 36.4 Å². The summed E-state index contributed by atoms with van der Waals surface area (Å²) in [5.41, 5.74) is 6.94. The fourth-order valence-corrected chi connectivity index (χ4v) is 3.18. The number of benzene rings is 1. The number of rotatable bonds is 3. The Morgan fingerprint density at radius 1 is 1.04 bits per heavy atom. The van der Waals surface area contributed by atoms with Crippen LogP contribution in [0.4, 0.5) is 13.2 Å². The summed E-state index contributed by atoms with van der Waals surface area (Å²) in [5, 5.41) is 1.82. The van der Waals surface area contributed by atoms with Gasteiger partial charge >= 0.3 is 6.18 Å². The molecule has 0 saturated heterocycles. The maximum absolute atomic E-state index is 13.3. The number of nitrogens with zero attached hydrogens (tertiary/aromatic N) is 1. The van der Waals surface area contributed by atoms with Gasteiger partial charge in [-0.2, -0.15) is 13.2 Å². The van der Waals surface area contributed by atoms with Gasteiger partial charge in [-0.05, 0) is 17.5 Å². The molecular weight excluding hydrogens is 321 g/mol. The SMILES string of the molecule is NCc1c(-c2cccs2)cc(C(F)(F)F)nc1-c1ccccc1. The van der Waals surface area contributed by atoms with Crippen molar-refractivity contribution in [3.05, 3.63) is 65.2 Å². The van der Waals surface area contributed by atoms with Gasteiger partial charge in [0, 0.05) is 28.1 Å². The molecule has 0 spiro atoms. The van der Waals surface area contributed by atoms with Crippen molar-refractivity contribution < 1.29 is 13.2 Å². The Morgan fingerprint density at radius 3 is 2.35 bits per heavy atom. The third kappa shape index (κ3) is 3.13. The summed E-state index contributed by atoms with van der Waals surface area (Å²) in [6.07, 6.45) is -4.51. The molecule has 1 aromatic carbocycles. The smallest absolute Gasteiger partial charge is 0.326 e. The van der Waals surface area contributed by atoms with Crippen LogP contribution in [0.25, 0.3) is 21.7 Å². The van der Waals surface area contributed by atoms with E-state index in [1.807, 2.05) is 5.38 Å². The monoisotopic (exact) mass is 334 g/mol. The molecule has 0 atom stereocenters. The van der Waals surface area contributed by atoms with E-state index in [2.05, 4.69) is 4.98 Å². The predicted molar refractivity (Wildman–Crippen MR) is 85.9 cm³/mol. The maximum Gasteiger partial charge on any atom is 0.433 e. The molecule has 2 nitrogen and oxygen atoms in total. The fraction of sp³-hybridized carbons (Fsp3) is 0.118. The molecule has 0 unspecified atom stereocenters. The van der Waals surface area contributed by atoms with E-state index in [1.165, 1.54) is 11.3 Å². The molecule has 23 heavy (non-hydrogen) atoms. The molecule has 0 radical (unpaired) electrons. The molecule has 0 bridgehead atoms. The largest absolute Gasteiger partial charge is 0.433 e. The minimum absolute atomic E-state index is 0.114. The van der Waals surface area contributed by atoms with Crippen molar-refractivity contribution in [1.82, 2.24) is 4.98 Å². The van der Waals surface area contributed by atoms with Crippen LogP contribution >= 0.6 is 11.3 Å². The molecule has 3 aromatic rings. The molecule has 0 aliphatic heterocycles. The van der Waals surface area contributed by atoms with Crippen molar-refractivity contribution in [3.8, 4) is 21.7 Å². The van der Waals surface area contributed by atoms with E-state index in [0.717, 1.165) is 10.9 Å². The first kappa shape index (κ1) is 15.7. The summed E-state index contributed by atoms with van der Waals surface area (Å²) < 4.78 is 39.8. The van der Waals surface area contributed by atoms with E-state index in [1.54, 1.807) is 42.5 Å². The second-order valence-corrected chi connectivity index (χ2v) is 5.88. The summed E-state index contributed by atoms with van der Waals surface area (Å²) in [5.74, 6) is 0. The number of pyridine rings is 1. The minimum atomic E-state index is -4.51. The van der Waals surface area contributed by atoms with E-state index < -0.39 is 11.9 Å². The van der Waals surface area contributed by atoms with Crippen LogP contribution in [0.15, 0.2) is 53.9 Å². The normalized spacial score (nSPS) is 11.7. The number of hydrogen-bond acceptors (Lipinski definition) is 3. The molecule has 6 heteroatoms. The van der Waals surface area contributed by atoms with Gasteiger partial charge in [0.1, 0.15) is 5.69 Å². The van der Waals surface area contributed by atoms with Crippen molar-refractivity contribution in [2.45, 2.75) is 12.7 Å². The van der Waals surface area contributed by atoms with Crippen LogP contribution < -0.4 is 5.73 Å². The third-order valence-corrected chi connectivity index (χ3v) is 4.36. The molecule has 118 valence electrons. The number of hydrogen-bond donors (Lipinski definition) is 1. The number of thiophene rings is 1. The lowest BCUT2D eigenvalue weighted by molar-refractivity contribution is -0.141. The average molecular weight is 334 g/mol. The Bertz CT molecular complexity index is 797. The lowest BCUT2D eigenvalue weighted by atomic mass is 9.98. The van der Waals surface area contributed by atoms with Crippen molar-refractivity contribution in [1.29, 1.82) is 0 Å². The highest BCUT2D eigenvalue weighted by atomic mass is 32.1. The van der Waals surface area contributed by atoms with E-state index >= 15 is 0 Å². The topological polar surface area (TPSA) is 38.9 Å². The summed E-state index contributed by atoms with van der Waals surface area (Å²) in [6, 6.07) is 13.5. The van der Waals surface area contributed by atoms with Gasteiger partial charge in [0.05, 0.1) is 5.69 Å².